The van der Waals surface area contributed by atoms with Crippen LogP contribution in [0.4, 0.5) is 0 Å². The van der Waals surface area contributed by atoms with E-state index < -0.39 is 0 Å². The molecule has 1 saturated heterocycles. The molecule has 3 rings (SSSR count). The SMILES string of the molecule is CCCn1c(C2(C)CCCN2)nc2cc(Br)ccc21. The molecule has 19 heavy (non-hydrogen) atoms. The summed E-state index contributed by atoms with van der Waals surface area (Å²) in [6.45, 7) is 6.63. The minimum Gasteiger partial charge on any atom is -0.326 e. The molecule has 1 aromatic carbocycles. The molecule has 0 saturated carbocycles. The summed E-state index contributed by atoms with van der Waals surface area (Å²) in [6, 6.07) is 6.39. The zero-order chi connectivity index (χ0) is 13.5. The summed E-state index contributed by atoms with van der Waals surface area (Å²) >= 11 is 3.54. The number of imidazole rings is 1. The number of hydrogen-bond donors (Lipinski definition) is 1. The number of halogens is 1. The van der Waals surface area contributed by atoms with Crippen LogP contribution in [0.5, 0.6) is 0 Å². The molecular weight excluding hydrogens is 302 g/mol. The van der Waals surface area contributed by atoms with Gasteiger partial charge in [0.15, 0.2) is 0 Å². The van der Waals surface area contributed by atoms with Gasteiger partial charge in [0.25, 0.3) is 0 Å². The van der Waals surface area contributed by atoms with E-state index in [9.17, 15) is 0 Å². The Balaban J connectivity index is 2.19. The summed E-state index contributed by atoms with van der Waals surface area (Å²) in [7, 11) is 0. The van der Waals surface area contributed by atoms with Crippen LogP contribution >= 0.6 is 15.9 Å². The lowest BCUT2D eigenvalue weighted by atomic mass is 9.99. The number of benzene rings is 1. The third-order valence-corrected chi connectivity index (χ3v) is 4.51. The Bertz CT molecular complexity index is 597. The molecule has 0 spiro atoms. The van der Waals surface area contributed by atoms with Gasteiger partial charge in [0.2, 0.25) is 0 Å². The van der Waals surface area contributed by atoms with Gasteiger partial charge >= 0.3 is 0 Å². The van der Waals surface area contributed by atoms with Crippen molar-refractivity contribution in [1.82, 2.24) is 14.9 Å². The minimum atomic E-state index is 0.0284. The molecule has 0 amide bonds. The van der Waals surface area contributed by atoms with E-state index in [1.165, 1.54) is 24.2 Å². The van der Waals surface area contributed by atoms with Crippen LogP contribution in [-0.4, -0.2) is 16.1 Å². The highest BCUT2D eigenvalue weighted by Gasteiger charge is 2.34. The Morgan fingerprint density at radius 1 is 1.47 bits per heavy atom. The molecule has 0 radical (unpaired) electrons. The Morgan fingerprint density at radius 3 is 3.00 bits per heavy atom. The molecule has 1 aliphatic heterocycles. The van der Waals surface area contributed by atoms with Crippen molar-refractivity contribution < 1.29 is 0 Å². The van der Waals surface area contributed by atoms with Crippen LogP contribution < -0.4 is 5.32 Å². The van der Waals surface area contributed by atoms with E-state index >= 15 is 0 Å². The van der Waals surface area contributed by atoms with E-state index in [-0.39, 0.29) is 5.54 Å². The molecule has 1 unspecified atom stereocenters. The van der Waals surface area contributed by atoms with Crippen molar-refractivity contribution in [3.05, 3.63) is 28.5 Å². The van der Waals surface area contributed by atoms with Crippen LogP contribution in [0.25, 0.3) is 11.0 Å². The zero-order valence-electron chi connectivity index (χ0n) is 11.5. The Morgan fingerprint density at radius 2 is 2.32 bits per heavy atom. The first-order valence-electron chi connectivity index (χ1n) is 7.05. The second kappa shape index (κ2) is 4.91. The lowest BCUT2D eigenvalue weighted by Gasteiger charge is -2.25. The van der Waals surface area contributed by atoms with E-state index in [2.05, 4.69) is 57.9 Å². The van der Waals surface area contributed by atoms with Gasteiger partial charge in [-0.15, -0.1) is 0 Å². The number of nitrogens with one attached hydrogen (secondary N) is 1. The second-order valence-electron chi connectivity index (χ2n) is 5.58. The van der Waals surface area contributed by atoms with E-state index in [1.807, 2.05) is 0 Å². The van der Waals surface area contributed by atoms with Crippen molar-refractivity contribution >= 4 is 27.0 Å². The molecule has 1 aliphatic rings. The van der Waals surface area contributed by atoms with Crippen LogP contribution in [0.15, 0.2) is 22.7 Å². The summed E-state index contributed by atoms with van der Waals surface area (Å²) in [4.78, 5) is 4.92. The van der Waals surface area contributed by atoms with Crippen molar-refractivity contribution in [2.24, 2.45) is 0 Å². The maximum absolute atomic E-state index is 4.92. The first kappa shape index (κ1) is 13.1. The highest BCUT2D eigenvalue weighted by Crippen LogP contribution is 2.33. The summed E-state index contributed by atoms with van der Waals surface area (Å²) in [5.41, 5.74) is 2.36. The van der Waals surface area contributed by atoms with Crippen LogP contribution in [0, 0.1) is 0 Å². The number of aromatic nitrogens is 2. The topological polar surface area (TPSA) is 29.9 Å². The van der Waals surface area contributed by atoms with Gasteiger partial charge < -0.3 is 9.88 Å². The molecule has 1 fully saturated rings. The molecule has 2 aromatic rings. The average molecular weight is 322 g/mol. The molecular formula is C15H20BrN3. The molecule has 0 bridgehead atoms. The fourth-order valence-corrected chi connectivity index (χ4v) is 3.41. The standard InChI is InChI=1S/C15H20BrN3/c1-3-9-19-13-6-5-11(16)10-12(13)18-14(19)15(2)7-4-8-17-15/h5-6,10,17H,3-4,7-9H2,1-2H3. The number of rotatable bonds is 3. The predicted octanol–water partition coefficient (Wildman–Crippen LogP) is 3.81. The quantitative estimate of drug-likeness (QED) is 0.931. The van der Waals surface area contributed by atoms with Crippen LogP contribution in [0.1, 0.15) is 38.9 Å². The Kier molecular flexibility index (Phi) is 3.39. The summed E-state index contributed by atoms with van der Waals surface area (Å²) in [5, 5.41) is 3.63. The van der Waals surface area contributed by atoms with Crippen LogP contribution in [0.3, 0.4) is 0 Å². The minimum absolute atomic E-state index is 0.0284. The molecule has 1 N–H and O–H groups in total. The van der Waals surface area contributed by atoms with E-state index in [4.69, 9.17) is 4.98 Å². The first-order chi connectivity index (χ1) is 9.14. The van der Waals surface area contributed by atoms with Gasteiger partial charge in [0, 0.05) is 11.0 Å². The molecule has 2 heterocycles. The van der Waals surface area contributed by atoms with Gasteiger partial charge in [-0.05, 0) is 50.9 Å². The monoisotopic (exact) mass is 321 g/mol. The molecule has 0 aliphatic carbocycles. The number of fused-ring (bicyclic) bond motifs is 1. The van der Waals surface area contributed by atoms with Gasteiger partial charge in [-0.2, -0.15) is 0 Å². The lowest BCUT2D eigenvalue weighted by Crippen LogP contribution is -2.36. The fourth-order valence-electron chi connectivity index (χ4n) is 3.06. The lowest BCUT2D eigenvalue weighted by molar-refractivity contribution is 0.388. The van der Waals surface area contributed by atoms with Gasteiger partial charge in [-0.25, -0.2) is 4.98 Å². The van der Waals surface area contributed by atoms with Crippen molar-refractivity contribution in [1.29, 1.82) is 0 Å². The van der Waals surface area contributed by atoms with Gasteiger partial charge in [-0.1, -0.05) is 22.9 Å². The smallest absolute Gasteiger partial charge is 0.129 e. The van der Waals surface area contributed by atoms with Gasteiger partial charge in [-0.3, -0.25) is 0 Å². The molecule has 3 nitrogen and oxygen atoms in total. The van der Waals surface area contributed by atoms with Crippen molar-refractivity contribution in [2.45, 2.75) is 45.2 Å². The summed E-state index contributed by atoms with van der Waals surface area (Å²) < 4.78 is 3.48. The average Bonchev–Trinajstić information content (AvgIpc) is 2.95. The molecule has 102 valence electrons. The number of aryl methyl sites for hydroxylation is 1. The third kappa shape index (κ3) is 2.21. The maximum atomic E-state index is 4.92. The van der Waals surface area contributed by atoms with Crippen LogP contribution in [0.2, 0.25) is 0 Å². The molecule has 1 aromatic heterocycles. The zero-order valence-corrected chi connectivity index (χ0v) is 13.1. The highest BCUT2D eigenvalue weighted by atomic mass is 79.9. The van der Waals surface area contributed by atoms with Crippen molar-refractivity contribution in [3.8, 4) is 0 Å². The maximum Gasteiger partial charge on any atom is 0.129 e. The Labute approximate surface area is 122 Å². The fraction of sp³-hybridized carbons (Fsp3) is 0.533. The molecule has 4 heteroatoms. The van der Waals surface area contributed by atoms with E-state index in [0.717, 1.165) is 29.5 Å². The highest BCUT2D eigenvalue weighted by molar-refractivity contribution is 9.10. The summed E-state index contributed by atoms with van der Waals surface area (Å²) in [5.74, 6) is 1.19. The summed E-state index contributed by atoms with van der Waals surface area (Å²) in [6.07, 6.45) is 3.53. The predicted molar refractivity (Wildman–Crippen MR) is 82.3 cm³/mol. The molecule has 1 atom stereocenters. The largest absolute Gasteiger partial charge is 0.326 e. The van der Waals surface area contributed by atoms with Gasteiger partial charge in [0.1, 0.15) is 5.82 Å². The van der Waals surface area contributed by atoms with Crippen LogP contribution in [-0.2, 0) is 12.1 Å². The van der Waals surface area contributed by atoms with Crippen molar-refractivity contribution in [2.75, 3.05) is 6.54 Å². The van der Waals surface area contributed by atoms with E-state index in [1.54, 1.807) is 0 Å². The third-order valence-electron chi connectivity index (χ3n) is 4.02. The van der Waals surface area contributed by atoms with Crippen molar-refractivity contribution in [3.63, 3.8) is 0 Å². The second-order valence-corrected chi connectivity index (χ2v) is 6.50. The number of hydrogen-bond acceptors (Lipinski definition) is 2. The number of nitrogens with zero attached hydrogens (tertiary/aromatic N) is 2. The Hall–Kier alpha value is -0.870. The van der Waals surface area contributed by atoms with E-state index in [0.29, 0.717) is 0 Å². The normalized spacial score (nSPS) is 23.3. The van der Waals surface area contributed by atoms with Gasteiger partial charge in [0.05, 0.1) is 16.6 Å². The first-order valence-corrected chi connectivity index (χ1v) is 7.84.